The molecule has 2 rings (SSSR count). The summed E-state index contributed by atoms with van der Waals surface area (Å²) in [6.45, 7) is 3.78. The van der Waals surface area contributed by atoms with E-state index in [1.165, 1.54) is 38.1 Å². The molecule has 1 amide bonds. The summed E-state index contributed by atoms with van der Waals surface area (Å²) in [7, 11) is -0.798. The highest BCUT2D eigenvalue weighted by atomic mass is 32.2. The number of sulfonamides is 1. The Morgan fingerprint density at radius 3 is 2.27 bits per heavy atom. The van der Waals surface area contributed by atoms with E-state index in [0.717, 1.165) is 16.1 Å². The zero-order valence-electron chi connectivity index (χ0n) is 17.7. The van der Waals surface area contributed by atoms with E-state index < -0.39 is 22.5 Å². The van der Waals surface area contributed by atoms with Gasteiger partial charge in [-0.3, -0.25) is 9.10 Å². The molecule has 0 aliphatic heterocycles. The number of hydrogen-bond donors (Lipinski definition) is 1. The minimum Gasteiger partial charge on any atom is -0.493 e. The van der Waals surface area contributed by atoms with E-state index in [1.807, 2.05) is 24.3 Å². The molecule has 0 saturated heterocycles. The van der Waals surface area contributed by atoms with Crippen molar-refractivity contribution < 1.29 is 22.7 Å². The molecule has 0 aliphatic rings. The van der Waals surface area contributed by atoms with Crippen LogP contribution in [0.4, 0.5) is 5.69 Å². The van der Waals surface area contributed by atoms with Crippen molar-refractivity contribution in [2.45, 2.75) is 19.8 Å². The topological polar surface area (TPSA) is 97.3 Å². The number of amides is 1. The summed E-state index contributed by atoms with van der Waals surface area (Å²) in [4.78, 5) is 12.3. The number of hydrogen-bond acceptors (Lipinski definition) is 6. The van der Waals surface area contributed by atoms with Gasteiger partial charge >= 0.3 is 0 Å². The highest BCUT2D eigenvalue weighted by molar-refractivity contribution is 7.92. The lowest BCUT2D eigenvalue weighted by Crippen LogP contribution is -2.39. The molecule has 0 saturated carbocycles. The Bertz CT molecular complexity index is 1000. The Morgan fingerprint density at radius 1 is 1.10 bits per heavy atom. The number of carbonyl (C=O) groups is 1. The number of rotatable bonds is 9. The molecule has 2 aromatic carbocycles. The van der Waals surface area contributed by atoms with Crippen LogP contribution in [-0.4, -0.2) is 47.6 Å². The van der Waals surface area contributed by atoms with Crippen molar-refractivity contribution in [3.8, 4) is 11.5 Å². The second kappa shape index (κ2) is 10.1. The maximum Gasteiger partial charge on any atom is 0.260 e. The van der Waals surface area contributed by atoms with Gasteiger partial charge in [0.15, 0.2) is 11.5 Å². The largest absolute Gasteiger partial charge is 0.493 e. The van der Waals surface area contributed by atoms with Crippen molar-refractivity contribution >= 4 is 27.8 Å². The first-order valence-electron chi connectivity index (χ1n) is 9.27. The molecule has 1 N–H and O–H groups in total. The van der Waals surface area contributed by atoms with E-state index in [9.17, 15) is 13.2 Å². The van der Waals surface area contributed by atoms with Gasteiger partial charge in [-0.2, -0.15) is 5.10 Å². The molecule has 0 bridgehead atoms. The van der Waals surface area contributed by atoms with E-state index >= 15 is 0 Å². The molecule has 0 fully saturated rings. The number of methoxy groups -OCH3 is 2. The Balaban J connectivity index is 2.11. The van der Waals surface area contributed by atoms with Crippen LogP contribution < -0.4 is 19.2 Å². The second-order valence-corrected chi connectivity index (χ2v) is 8.83. The maximum absolute atomic E-state index is 12.3. The number of anilines is 1. The van der Waals surface area contributed by atoms with Crippen molar-refractivity contribution in [3.05, 3.63) is 53.6 Å². The van der Waals surface area contributed by atoms with E-state index in [1.54, 1.807) is 6.07 Å². The molecule has 9 heteroatoms. The quantitative estimate of drug-likeness (QED) is 0.484. The summed E-state index contributed by atoms with van der Waals surface area (Å²) < 4.78 is 35.8. The van der Waals surface area contributed by atoms with Crippen LogP contribution in [0.25, 0.3) is 0 Å². The van der Waals surface area contributed by atoms with Crippen molar-refractivity contribution in [1.82, 2.24) is 5.43 Å². The fraction of sp³-hybridized carbons (Fsp3) is 0.333. The van der Waals surface area contributed by atoms with Gasteiger partial charge in [0.1, 0.15) is 6.54 Å². The van der Waals surface area contributed by atoms with Crippen molar-refractivity contribution in [2.24, 2.45) is 5.10 Å². The van der Waals surface area contributed by atoms with Gasteiger partial charge < -0.3 is 9.47 Å². The van der Waals surface area contributed by atoms with E-state index in [0.29, 0.717) is 17.4 Å². The summed E-state index contributed by atoms with van der Waals surface area (Å²) in [6.07, 6.45) is 2.53. The summed E-state index contributed by atoms with van der Waals surface area (Å²) in [5.74, 6) is 0.652. The standard InChI is InChI=1S/C21H27N3O5S/c1-15(2)17-8-6-16(7-9-17)13-22-23-21(25)14-24(30(5,26)27)18-10-11-19(28-3)20(12-18)29-4/h6-13,15H,14H2,1-5H3,(H,23,25)/b22-13-. The van der Waals surface area contributed by atoms with Crippen LogP contribution in [0.2, 0.25) is 0 Å². The fourth-order valence-electron chi connectivity index (χ4n) is 2.69. The molecule has 30 heavy (non-hydrogen) atoms. The summed E-state index contributed by atoms with van der Waals surface area (Å²) in [5, 5.41) is 3.92. The van der Waals surface area contributed by atoms with Gasteiger partial charge in [-0.1, -0.05) is 38.1 Å². The summed E-state index contributed by atoms with van der Waals surface area (Å²) in [5.41, 5.74) is 4.66. The Labute approximate surface area is 177 Å². The van der Waals surface area contributed by atoms with Crippen LogP contribution >= 0.6 is 0 Å². The zero-order chi connectivity index (χ0) is 22.3. The molecule has 0 unspecified atom stereocenters. The predicted molar refractivity (Wildman–Crippen MR) is 118 cm³/mol. The van der Waals surface area contributed by atoms with Gasteiger partial charge in [-0.25, -0.2) is 13.8 Å². The Kier molecular flexibility index (Phi) is 7.82. The van der Waals surface area contributed by atoms with Gasteiger partial charge in [-0.15, -0.1) is 0 Å². The second-order valence-electron chi connectivity index (χ2n) is 6.92. The molecule has 0 aliphatic carbocycles. The van der Waals surface area contributed by atoms with Crippen molar-refractivity contribution in [3.63, 3.8) is 0 Å². The molecular weight excluding hydrogens is 406 g/mol. The Morgan fingerprint density at radius 2 is 1.73 bits per heavy atom. The maximum atomic E-state index is 12.3. The monoisotopic (exact) mass is 433 g/mol. The smallest absolute Gasteiger partial charge is 0.260 e. The minimum absolute atomic E-state index is 0.276. The summed E-state index contributed by atoms with van der Waals surface area (Å²) in [6, 6.07) is 12.4. The van der Waals surface area contributed by atoms with Crippen molar-refractivity contribution in [1.29, 1.82) is 0 Å². The normalized spacial score (nSPS) is 11.5. The number of hydrazone groups is 1. The average molecular weight is 434 g/mol. The Hall–Kier alpha value is -3.07. The van der Waals surface area contributed by atoms with E-state index in [-0.39, 0.29) is 5.69 Å². The molecule has 0 spiro atoms. The average Bonchev–Trinajstić information content (AvgIpc) is 2.71. The first kappa shape index (κ1) is 23.2. The van der Waals surface area contributed by atoms with Crippen molar-refractivity contribution in [2.75, 3.05) is 31.3 Å². The van der Waals surface area contributed by atoms with E-state index in [2.05, 4.69) is 24.4 Å². The van der Waals surface area contributed by atoms with Crippen LogP contribution in [-0.2, 0) is 14.8 Å². The van der Waals surface area contributed by atoms with Gasteiger partial charge in [0.25, 0.3) is 5.91 Å². The molecule has 0 aromatic heterocycles. The van der Waals surface area contributed by atoms with Gasteiger partial charge in [0, 0.05) is 6.07 Å². The number of nitrogens with one attached hydrogen (secondary N) is 1. The highest BCUT2D eigenvalue weighted by Gasteiger charge is 2.22. The number of nitrogens with zero attached hydrogens (tertiary/aromatic N) is 2. The lowest BCUT2D eigenvalue weighted by molar-refractivity contribution is -0.119. The van der Waals surface area contributed by atoms with Crippen LogP contribution in [0.1, 0.15) is 30.9 Å². The van der Waals surface area contributed by atoms with Crippen LogP contribution in [0.5, 0.6) is 11.5 Å². The van der Waals surface area contributed by atoms with Gasteiger partial charge in [0.05, 0.1) is 32.4 Å². The molecule has 8 nitrogen and oxygen atoms in total. The molecule has 162 valence electrons. The third-order valence-corrected chi connectivity index (χ3v) is 5.49. The van der Waals surface area contributed by atoms with Crippen LogP contribution in [0.15, 0.2) is 47.6 Å². The van der Waals surface area contributed by atoms with Gasteiger partial charge in [0.2, 0.25) is 10.0 Å². The van der Waals surface area contributed by atoms with E-state index in [4.69, 9.17) is 9.47 Å². The fourth-order valence-corrected chi connectivity index (χ4v) is 3.54. The number of carbonyl (C=O) groups excluding carboxylic acids is 1. The minimum atomic E-state index is -3.72. The molecule has 0 atom stereocenters. The highest BCUT2D eigenvalue weighted by Crippen LogP contribution is 2.32. The predicted octanol–water partition coefficient (Wildman–Crippen LogP) is 2.74. The number of benzene rings is 2. The first-order valence-corrected chi connectivity index (χ1v) is 11.1. The first-order chi connectivity index (χ1) is 14.2. The number of ether oxygens (including phenoxy) is 2. The lowest BCUT2D eigenvalue weighted by atomic mass is 10.0. The summed E-state index contributed by atoms with van der Waals surface area (Å²) >= 11 is 0. The SMILES string of the molecule is COc1ccc(N(CC(=O)N/N=C\c2ccc(C(C)C)cc2)S(C)(=O)=O)cc1OC. The lowest BCUT2D eigenvalue weighted by Gasteiger charge is -2.22. The molecular formula is C21H27N3O5S. The van der Waals surface area contributed by atoms with Gasteiger partial charge in [-0.05, 0) is 29.2 Å². The molecule has 0 heterocycles. The van der Waals surface area contributed by atoms with Crippen LogP contribution in [0, 0.1) is 0 Å². The van der Waals surface area contributed by atoms with Crippen LogP contribution in [0.3, 0.4) is 0 Å². The zero-order valence-corrected chi connectivity index (χ0v) is 18.6. The third kappa shape index (κ3) is 6.21. The molecule has 0 radical (unpaired) electrons. The molecule has 2 aromatic rings. The third-order valence-electron chi connectivity index (χ3n) is 4.35.